The van der Waals surface area contributed by atoms with Crippen LogP contribution >= 0.6 is 0 Å². The van der Waals surface area contributed by atoms with Crippen LogP contribution in [-0.4, -0.2) is 71.7 Å². The second-order valence-electron chi connectivity index (χ2n) is 9.52. The Bertz CT molecular complexity index is 799. The Morgan fingerprint density at radius 3 is 2.35 bits per heavy atom. The molecule has 3 fully saturated rings. The molecule has 0 aromatic heterocycles. The van der Waals surface area contributed by atoms with Crippen molar-refractivity contribution in [2.75, 3.05) is 39.3 Å². The van der Waals surface area contributed by atoms with Crippen LogP contribution in [0.15, 0.2) is 24.3 Å². The predicted molar refractivity (Wildman–Crippen MR) is 120 cm³/mol. The van der Waals surface area contributed by atoms with E-state index < -0.39 is 0 Å². The van der Waals surface area contributed by atoms with Gasteiger partial charge >= 0.3 is 0 Å². The molecular weight excluding hydrogens is 390 g/mol. The summed E-state index contributed by atoms with van der Waals surface area (Å²) in [6.07, 6.45) is 6.50. The molecule has 0 bridgehead atoms. The van der Waals surface area contributed by atoms with Gasteiger partial charge in [0.15, 0.2) is 0 Å². The van der Waals surface area contributed by atoms with E-state index in [-0.39, 0.29) is 17.7 Å². The summed E-state index contributed by atoms with van der Waals surface area (Å²) < 4.78 is 0. The van der Waals surface area contributed by atoms with Crippen LogP contribution < -0.4 is 0 Å². The molecule has 3 heterocycles. The average molecular weight is 426 g/mol. The number of aryl methyl sites for hydroxylation is 1. The third kappa shape index (κ3) is 5.28. The minimum absolute atomic E-state index is 0.0300. The number of amides is 3. The molecule has 3 saturated heterocycles. The fourth-order valence-electron chi connectivity index (χ4n) is 5.20. The van der Waals surface area contributed by atoms with Crippen molar-refractivity contribution < 1.29 is 14.4 Å². The number of carbonyl (C=O) groups is 3. The molecule has 3 aliphatic rings. The number of carbonyl (C=O) groups excluding carboxylic acids is 3. The number of likely N-dealkylation sites (tertiary alicyclic amines) is 3. The smallest absolute Gasteiger partial charge is 0.253 e. The topological polar surface area (TPSA) is 60.9 Å². The lowest BCUT2D eigenvalue weighted by atomic mass is 9.92. The summed E-state index contributed by atoms with van der Waals surface area (Å²) in [5.74, 6) is 0.932. The minimum Gasteiger partial charge on any atom is -0.342 e. The van der Waals surface area contributed by atoms with Gasteiger partial charge in [-0.15, -0.1) is 0 Å². The normalized spacial score (nSPS) is 23.2. The molecule has 3 amide bonds. The zero-order chi connectivity index (χ0) is 21.8. The summed E-state index contributed by atoms with van der Waals surface area (Å²) in [6.45, 7) is 6.55. The zero-order valence-corrected chi connectivity index (χ0v) is 18.7. The first-order valence-electron chi connectivity index (χ1n) is 11.9. The molecule has 0 spiro atoms. The summed E-state index contributed by atoms with van der Waals surface area (Å²) in [7, 11) is 0. The molecule has 1 aromatic rings. The third-order valence-corrected chi connectivity index (χ3v) is 7.18. The lowest BCUT2D eigenvalue weighted by Crippen LogP contribution is -2.49. The van der Waals surface area contributed by atoms with E-state index in [4.69, 9.17) is 0 Å². The van der Waals surface area contributed by atoms with E-state index >= 15 is 0 Å². The van der Waals surface area contributed by atoms with Crippen molar-refractivity contribution in [1.29, 1.82) is 0 Å². The third-order valence-electron chi connectivity index (χ3n) is 7.18. The van der Waals surface area contributed by atoms with Crippen LogP contribution in [0.2, 0.25) is 0 Å². The maximum Gasteiger partial charge on any atom is 0.253 e. The van der Waals surface area contributed by atoms with E-state index in [1.54, 1.807) is 0 Å². The lowest BCUT2D eigenvalue weighted by molar-refractivity contribution is -0.139. The van der Waals surface area contributed by atoms with Gasteiger partial charge in [0.05, 0.1) is 5.92 Å². The minimum atomic E-state index is -0.0941. The standard InChI is InChI=1S/C25H35N3O3/c1-19-7-9-21(10-8-19)24(30)28-14-4-5-22(18-28)25(31)26-15-11-20(12-16-26)17-27-13-3-2-6-23(27)29/h7-10,20,22H,2-6,11-18H2,1H3. The highest BCUT2D eigenvalue weighted by atomic mass is 16.2. The Labute approximate surface area is 185 Å². The molecule has 1 aromatic carbocycles. The maximum atomic E-state index is 13.2. The first kappa shape index (κ1) is 21.8. The second-order valence-corrected chi connectivity index (χ2v) is 9.52. The number of nitrogens with zero attached hydrogens (tertiary/aromatic N) is 3. The highest BCUT2D eigenvalue weighted by Gasteiger charge is 2.34. The first-order valence-corrected chi connectivity index (χ1v) is 11.9. The summed E-state index contributed by atoms with van der Waals surface area (Å²) >= 11 is 0. The summed E-state index contributed by atoms with van der Waals surface area (Å²) in [5.41, 5.74) is 1.84. The zero-order valence-electron chi connectivity index (χ0n) is 18.7. The van der Waals surface area contributed by atoms with Crippen LogP contribution in [0.5, 0.6) is 0 Å². The summed E-state index contributed by atoms with van der Waals surface area (Å²) in [4.78, 5) is 44.0. The lowest BCUT2D eigenvalue weighted by Gasteiger charge is -2.39. The van der Waals surface area contributed by atoms with Gasteiger partial charge in [0.2, 0.25) is 11.8 Å². The van der Waals surface area contributed by atoms with Gasteiger partial charge in [-0.2, -0.15) is 0 Å². The van der Waals surface area contributed by atoms with Crippen LogP contribution in [-0.2, 0) is 9.59 Å². The second kappa shape index (κ2) is 9.84. The Kier molecular flexibility index (Phi) is 6.93. The Hall–Kier alpha value is -2.37. The van der Waals surface area contributed by atoms with Crippen molar-refractivity contribution in [2.24, 2.45) is 11.8 Å². The fourth-order valence-corrected chi connectivity index (χ4v) is 5.20. The van der Waals surface area contributed by atoms with Gasteiger partial charge in [-0.05, 0) is 63.5 Å². The SMILES string of the molecule is Cc1ccc(C(=O)N2CCCC(C(=O)N3CCC(CN4CCCCC4=O)CC3)C2)cc1. The van der Waals surface area contributed by atoms with Gasteiger partial charge in [-0.1, -0.05) is 17.7 Å². The van der Waals surface area contributed by atoms with Gasteiger partial charge in [-0.3, -0.25) is 14.4 Å². The van der Waals surface area contributed by atoms with Crippen LogP contribution in [0, 0.1) is 18.8 Å². The monoisotopic (exact) mass is 425 g/mol. The molecule has 6 nitrogen and oxygen atoms in total. The molecule has 31 heavy (non-hydrogen) atoms. The molecule has 3 aliphatic heterocycles. The molecule has 4 rings (SSSR count). The van der Waals surface area contributed by atoms with Crippen LogP contribution in [0.4, 0.5) is 0 Å². The Morgan fingerprint density at radius 2 is 1.65 bits per heavy atom. The van der Waals surface area contributed by atoms with E-state index in [0.717, 1.165) is 76.8 Å². The predicted octanol–water partition coefficient (Wildman–Crippen LogP) is 3.10. The molecular formula is C25H35N3O3. The fraction of sp³-hybridized carbons (Fsp3) is 0.640. The number of hydrogen-bond acceptors (Lipinski definition) is 3. The molecule has 1 unspecified atom stereocenters. The largest absolute Gasteiger partial charge is 0.342 e. The van der Waals surface area contributed by atoms with Crippen molar-refractivity contribution in [3.05, 3.63) is 35.4 Å². The van der Waals surface area contributed by atoms with Crippen molar-refractivity contribution in [3.63, 3.8) is 0 Å². The molecule has 0 saturated carbocycles. The molecule has 6 heteroatoms. The number of hydrogen-bond donors (Lipinski definition) is 0. The van der Waals surface area contributed by atoms with Crippen LogP contribution in [0.25, 0.3) is 0 Å². The Balaban J connectivity index is 1.28. The van der Waals surface area contributed by atoms with Gasteiger partial charge in [-0.25, -0.2) is 0 Å². The van der Waals surface area contributed by atoms with E-state index in [2.05, 4.69) is 0 Å². The van der Waals surface area contributed by atoms with Crippen molar-refractivity contribution in [1.82, 2.24) is 14.7 Å². The van der Waals surface area contributed by atoms with Gasteiger partial charge in [0, 0.05) is 51.3 Å². The van der Waals surface area contributed by atoms with Crippen LogP contribution in [0.1, 0.15) is 60.9 Å². The molecule has 0 aliphatic carbocycles. The number of benzene rings is 1. The first-order chi connectivity index (χ1) is 15.0. The summed E-state index contributed by atoms with van der Waals surface area (Å²) in [6, 6.07) is 7.67. The highest BCUT2D eigenvalue weighted by Crippen LogP contribution is 2.25. The maximum absolute atomic E-state index is 13.2. The molecule has 0 radical (unpaired) electrons. The Morgan fingerprint density at radius 1 is 0.903 bits per heavy atom. The molecule has 1 atom stereocenters. The van der Waals surface area contributed by atoms with Gasteiger partial charge in [0.1, 0.15) is 0 Å². The molecule has 0 N–H and O–H groups in total. The van der Waals surface area contributed by atoms with E-state index in [9.17, 15) is 14.4 Å². The van der Waals surface area contributed by atoms with Crippen LogP contribution in [0.3, 0.4) is 0 Å². The quantitative estimate of drug-likeness (QED) is 0.745. The number of rotatable bonds is 4. The van der Waals surface area contributed by atoms with Gasteiger partial charge < -0.3 is 14.7 Å². The van der Waals surface area contributed by atoms with E-state index in [1.165, 1.54) is 0 Å². The van der Waals surface area contributed by atoms with Crippen molar-refractivity contribution in [3.8, 4) is 0 Å². The van der Waals surface area contributed by atoms with Crippen molar-refractivity contribution in [2.45, 2.75) is 51.9 Å². The average Bonchev–Trinajstić information content (AvgIpc) is 2.81. The van der Waals surface area contributed by atoms with E-state index in [1.807, 2.05) is 45.9 Å². The van der Waals surface area contributed by atoms with Gasteiger partial charge in [0.25, 0.3) is 5.91 Å². The summed E-state index contributed by atoms with van der Waals surface area (Å²) in [5, 5.41) is 0. The molecule has 168 valence electrons. The van der Waals surface area contributed by atoms with E-state index in [0.29, 0.717) is 30.4 Å². The number of piperidine rings is 3. The van der Waals surface area contributed by atoms with Crippen molar-refractivity contribution >= 4 is 17.7 Å². The highest BCUT2D eigenvalue weighted by molar-refractivity contribution is 5.94.